The first-order valence-corrected chi connectivity index (χ1v) is 9.88. The molecule has 0 fully saturated rings. The molecule has 2 heterocycles. The zero-order chi connectivity index (χ0) is 18.2. The molecular formula is C20H26N4OS. The number of aromatic nitrogens is 3. The second-order valence-electron chi connectivity index (χ2n) is 6.43. The van der Waals surface area contributed by atoms with Gasteiger partial charge in [-0.05, 0) is 32.9 Å². The van der Waals surface area contributed by atoms with Gasteiger partial charge < -0.3 is 9.30 Å². The third-order valence-electron chi connectivity index (χ3n) is 4.49. The molecule has 0 saturated heterocycles. The number of thiazole rings is 1. The SMILES string of the molecule is CC(c1nccs1)N(C)Cc1ccccc1OCCCCn1ccnc1. The Morgan fingerprint density at radius 1 is 1.23 bits per heavy atom. The van der Waals surface area contributed by atoms with Gasteiger partial charge in [0.15, 0.2) is 0 Å². The average Bonchev–Trinajstić information content (AvgIpc) is 3.36. The zero-order valence-electron chi connectivity index (χ0n) is 15.4. The van der Waals surface area contributed by atoms with Gasteiger partial charge in [0.05, 0.1) is 19.0 Å². The Morgan fingerprint density at radius 3 is 2.88 bits per heavy atom. The standard InChI is InChI=1S/C20H26N4OS/c1-17(20-22-10-14-26-20)23(2)15-18-7-3-4-8-19(18)25-13-6-5-11-24-12-9-21-16-24/h3-4,7-10,12,14,16-17H,5-6,11,13,15H2,1-2H3. The van der Waals surface area contributed by atoms with Gasteiger partial charge in [0.1, 0.15) is 10.8 Å². The highest BCUT2D eigenvalue weighted by molar-refractivity contribution is 7.09. The molecule has 3 rings (SSSR count). The molecule has 3 aromatic rings. The monoisotopic (exact) mass is 370 g/mol. The topological polar surface area (TPSA) is 43.2 Å². The summed E-state index contributed by atoms with van der Waals surface area (Å²) in [6, 6.07) is 8.61. The molecule has 0 amide bonds. The lowest BCUT2D eigenvalue weighted by Crippen LogP contribution is -2.22. The van der Waals surface area contributed by atoms with Gasteiger partial charge in [0, 0.05) is 42.6 Å². The van der Waals surface area contributed by atoms with Crippen LogP contribution in [0.3, 0.4) is 0 Å². The molecule has 0 saturated carbocycles. The van der Waals surface area contributed by atoms with E-state index in [2.05, 4.69) is 51.6 Å². The highest BCUT2D eigenvalue weighted by Crippen LogP contribution is 2.26. The Kier molecular flexibility index (Phi) is 6.80. The largest absolute Gasteiger partial charge is 0.493 e. The van der Waals surface area contributed by atoms with Crippen molar-refractivity contribution in [3.8, 4) is 5.75 Å². The van der Waals surface area contributed by atoms with Crippen molar-refractivity contribution in [1.29, 1.82) is 0 Å². The lowest BCUT2D eigenvalue weighted by molar-refractivity contribution is 0.242. The van der Waals surface area contributed by atoms with E-state index in [1.54, 1.807) is 11.3 Å². The van der Waals surface area contributed by atoms with Crippen molar-refractivity contribution >= 4 is 11.3 Å². The fourth-order valence-corrected chi connectivity index (χ4v) is 3.57. The smallest absolute Gasteiger partial charge is 0.123 e. The number of hydrogen-bond donors (Lipinski definition) is 0. The van der Waals surface area contributed by atoms with E-state index in [0.29, 0.717) is 6.04 Å². The van der Waals surface area contributed by atoms with Crippen LogP contribution in [0.1, 0.15) is 36.4 Å². The minimum atomic E-state index is 0.290. The van der Waals surface area contributed by atoms with Crippen molar-refractivity contribution in [3.63, 3.8) is 0 Å². The average molecular weight is 371 g/mol. The van der Waals surface area contributed by atoms with Crippen molar-refractivity contribution in [1.82, 2.24) is 19.4 Å². The van der Waals surface area contributed by atoms with E-state index in [-0.39, 0.29) is 0 Å². The van der Waals surface area contributed by atoms with Crippen molar-refractivity contribution in [2.45, 2.75) is 38.9 Å². The fourth-order valence-electron chi connectivity index (χ4n) is 2.81. The summed E-state index contributed by atoms with van der Waals surface area (Å²) in [6.45, 7) is 4.75. The van der Waals surface area contributed by atoms with Gasteiger partial charge in [-0.3, -0.25) is 4.90 Å². The van der Waals surface area contributed by atoms with Crippen molar-refractivity contribution in [3.05, 3.63) is 65.1 Å². The van der Waals surface area contributed by atoms with Crippen LogP contribution in [0.5, 0.6) is 5.75 Å². The maximum absolute atomic E-state index is 6.06. The van der Waals surface area contributed by atoms with Crippen LogP contribution in [0.2, 0.25) is 0 Å². The molecule has 1 unspecified atom stereocenters. The molecule has 138 valence electrons. The maximum Gasteiger partial charge on any atom is 0.123 e. The van der Waals surface area contributed by atoms with Crippen LogP contribution >= 0.6 is 11.3 Å². The fraction of sp³-hybridized carbons (Fsp3) is 0.400. The van der Waals surface area contributed by atoms with Gasteiger partial charge in [-0.2, -0.15) is 0 Å². The Morgan fingerprint density at radius 2 is 2.12 bits per heavy atom. The number of unbranched alkanes of at least 4 members (excludes halogenated alkanes) is 1. The quantitative estimate of drug-likeness (QED) is 0.496. The minimum Gasteiger partial charge on any atom is -0.493 e. The third-order valence-corrected chi connectivity index (χ3v) is 5.44. The molecule has 0 radical (unpaired) electrons. The van der Waals surface area contributed by atoms with Crippen LogP contribution in [0, 0.1) is 0 Å². The summed E-state index contributed by atoms with van der Waals surface area (Å²) >= 11 is 1.70. The molecule has 1 atom stereocenters. The van der Waals surface area contributed by atoms with E-state index in [4.69, 9.17) is 4.74 Å². The summed E-state index contributed by atoms with van der Waals surface area (Å²) in [5.41, 5.74) is 1.22. The van der Waals surface area contributed by atoms with E-state index in [1.807, 2.05) is 36.4 Å². The van der Waals surface area contributed by atoms with Gasteiger partial charge in [-0.15, -0.1) is 11.3 Å². The normalized spacial score (nSPS) is 12.4. The molecule has 26 heavy (non-hydrogen) atoms. The maximum atomic E-state index is 6.06. The Hall–Kier alpha value is -2.18. The predicted octanol–water partition coefficient (Wildman–Crippen LogP) is 4.39. The van der Waals surface area contributed by atoms with E-state index in [0.717, 1.165) is 43.3 Å². The summed E-state index contributed by atoms with van der Waals surface area (Å²) in [7, 11) is 2.13. The Bertz CT molecular complexity index is 758. The van der Waals surface area contributed by atoms with E-state index in [1.165, 1.54) is 5.56 Å². The minimum absolute atomic E-state index is 0.290. The molecule has 2 aromatic heterocycles. The molecule has 5 nitrogen and oxygen atoms in total. The van der Waals surface area contributed by atoms with Gasteiger partial charge in [0.25, 0.3) is 0 Å². The summed E-state index contributed by atoms with van der Waals surface area (Å²) in [5.74, 6) is 0.980. The molecule has 0 spiro atoms. The first kappa shape index (κ1) is 18.6. The highest BCUT2D eigenvalue weighted by atomic mass is 32.1. The lowest BCUT2D eigenvalue weighted by atomic mass is 10.1. The molecule has 0 N–H and O–H groups in total. The number of imidazole rings is 1. The molecular weight excluding hydrogens is 344 g/mol. The van der Waals surface area contributed by atoms with Gasteiger partial charge in [0.2, 0.25) is 0 Å². The number of rotatable bonds is 10. The number of hydrogen-bond acceptors (Lipinski definition) is 5. The number of ether oxygens (including phenoxy) is 1. The molecule has 6 heteroatoms. The van der Waals surface area contributed by atoms with Crippen LogP contribution < -0.4 is 4.74 Å². The second kappa shape index (κ2) is 9.50. The molecule has 0 aliphatic carbocycles. The molecule has 0 bridgehead atoms. The van der Waals surface area contributed by atoms with E-state index in [9.17, 15) is 0 Å². The van der Waals surface area contributed by atoms with Gasteiger partial charge >= 0.3 is 0 Å². The van der Waals surface area contributed by atoms with Crippen molar-refractivity contribution < 1.29 is 4.74 Å². The van der Waals surface area contributed by atoms with Gasteiger partial charge in [-0.25, -0.2) is 9.97 Å². The first-order valence-electron chi connectivity index (χ1n) is 9.00. The molecule has 0 aliphatic rings. The predicted molar refractivity (Wildman–Crippen MR) is 105 cm³/mol. The first-order chi connectivity index (χ1) is 12.7. The van der Waals surface area contributed by atoms with Crippen LogP contribution in [-0.2, 0) is 13.1 Å². The number of aryl methyl sites for hydroxylation is 1. The van der Waals surface area contributed by atoms with Crippen LogP contribution in [0.15, 0.2) is 54.6 Å². The summed E-state index contributed by atoms with van der Waals surface area (Å²) in [4.78, 5) is 10.8. The lowest BCUT2D eigenvalue weighted by Gasteiger charge is -2.24. The second-order valence-corrected chi connectivity index (χ2v) is 7.35. The molecule has 0 aliphatic heterocycles. The van der Waals surface area contributed by atoms with Crippen molar-refractivity contribution in [2.24, 2.45) is 0 Å². The summed E-state index contributed by atoms with van der Waals surface area (Å²) < 4.78 is 8.16. The zero-order valence-corrected chi connectivity index (χ0v) is 16.2. The van der Waals surface area contributed by atoms with Crippen LogP contribution in [0.4, 0.5) is 0 Å². The summed E-state index contributed by atoms with van der Waals surface area (Å²) in [5, 5.41) is 3.17. The third kappa shape index (κ3) is 5.16. The van der Waals surface area contributed by atoms with Crippen LogP contribution in [-0.4, -0.2) is 33.1 Å². The van der Waals surface area contributed by atoms with Crippen LogP contribution in [0.25, 0.3) is 0 Å². The van der Waals surface area contributed by atoms with E-state index < -0.39 is 0 Å². The number of para-hydroxylation sites is 1. The van der Waals surface area contributed by atoms with Gasteiger partial charge in [-0.1, -0.05) is 18.2 Å². The summed E-state index contributed by atoms with van der Waals surface area (Å²) in [6.07, 6.45) is 9.64. The number of benzene rings is 1. The molecule has 1 aromatic carbocycles. The Balaban J connectivity index is 1.49. The highest BCUT2D eigenvalue weighted by Gasteiger charge is 2.15. The van der Waals surface area contributed by atoms with E-state index >= 15 is 0 Å². The van der Waals surface area contributed by atoms with Crippen molar-refractivity contribution in [2.75, 3.05) is 13.7 Å². The number of nitrogens with zero attached hydrogens (tertiary/aromatic N) is 4. The Labute approximate surface area is 159 Å².